The van der Waals surface area contributed by atoms with Gasteiger partial charge in [0.15, 0.2) is 0 Å². The Bertz CT molecular complexity index is 400. The number of anilines is 2. The van der Waals surface area contributed by atoms with E-state index in [9.17, 15) is 0 Å². The second kappa shape index (κ2) is 6.69. The van der Waals surface area contributed by atoms with Gasteiger partial charge in [-0.25, -0.2) is 0 Å². The van der Waals surface area contributed by atoms with Crippen LogP contribution >= 0.6 is 0 Å². The largest absolute Gasteiger partial charge is 0.492 e. The van der Waals surface area contributed by atoms with Crippen LogP contribution in [0.1, 0.15) is 46.0 Å². The molecule has 1 aliphatic rings. The minimum absolute atomic E-state index is 0.512. The van der Waals surface area contributed by atoms with E-state index in [-0.39, 0.29) is 0 Å². The van der Waals surface area contributed by atoms with E-state index in [4.69, 9.17) is 10.5 Å². The number of nitrogens with one attached hydrogen (secondary N) is 1. The van der Waals surface area contributed by atoms with E-state index in [0.717, 1.165) is 17.4 Å². The Balaban J connectivity index is 1.99. The monoisotopic (exact) mass is 262 g/mol. The van der Waals surface area contributed by atoms with Crippen LogP contribution < -0.4 is 15.8 Å². The van der Waals surface area contributed by atoms with E-state index in [1.54, 1.807) is 0 Å². The number of nitrogens with two attached hydrogens (primary N) is 1. The fourth-order valence-corrected chi connectivity index (χ4v) is 2.92. The van der Waals surface area contributed by atoms with Crippen molar-refractivity contribution in [2.24, 2.45) is 5.92 Å². The molecule has 0 amide bonds. The van der Waals surface area contributed by atoms with Crippen LogP contribution in [0.25, 0.3) is 0 Å². The van der Waals surface area contributed by atoms with Gasteiger partial charge < -0.3 is 15.8 Å². The highest BCUT2D eigenvalue weighted by atomic mass is 16.5. The lowest BCUT2D eigenvalue weighted by Crippen LogP contribution is -2.27. The molecule has 1 fully saturated rings. The van der Waals surface area contributed by atoms with Crippen molar-refractivity contribution in [1.29, 1.82) is 0 Å². The smallest absolute Gasteiger partial charge is 0.144 e. The van der Waals surface area contributed by atoms with Crippen molar-refractivity contribution < 1.29 is 4.74 Å². The number of hydrogen-bond acceptors (Lipinski definition) is 3. The van der Waals surface area contributed by atoms with Gasteiger partial charge in [0, 0.05) is 17.8 Å². The molecular formula is C16H26N2O. The molecule has 0 aliphatic heterocycles. The molecule has 0 radical (unpaired) electrons. The van der Waals surface area contributed by atoms with Gasteiger partial charge in [0.2, 0.25) is 0 Å². The normalized spacial score (nSPS) is 18.0. The van der Waals surface area contributed by atoms with E-state index in [0.29, 0.717) is 18.3 Å². The van der Waals surface area contributed by atoms with Crippen LogP contribution in [-0.2, 0) is 0 Å². The highest BCUT2D eigenvalue weighted by Crippen LogP contribution is 2.30. The van der Waals surface area contributed by atoms with E-state index in [1.807, 2.05) is 25.1 Å². The van der Waals surface area contributed by atoms with Gasteiger partial charge in [-0.05, 0) is 44.7 Å². The number of hydrogen-bond donors (Lipinski definition) is 2. The number of nitrogen functional groups attached to an aromatic ring is 1. The standard InChI is InChI=1S/C16H26N2O/c1-3-19-16-11-14(9-10-15(16)17)18-12(2)13-7-5-4-6-8-13/h9-13,18H,3-8,17H2,1-2H3. The second-order valence-corrected chi connectivity index (χ2v) is 5.52. The van der Waals surface area contributed by atoms with Gasteiger partial charge in [-0.3, -0.25) is 0 Å². The maximum absolute atomic E-state index is 5.90. The lowest BCUT2D eigenvalue weighted by atomic mass is 9.84. The molecule has 0 spiro atoms. The molecule has 3 N–H and O–H groups in total. The van der Waals surface area contributed by atoms with Crippen molar-refractivity contribution in [2.75, 3.05) is 17.7 Å². The highest BCUT2D eigenvalue weighted by Gasteiger charge is 2.19. The molecule has 0 bridgehead atoms. The summed E-state index contributed by atoms with van der Waals surface area (Å²) < 4.78 is 5.54. The van der Waals surface area contributed by atoms with E-state index in [2.05, 4.69) is 12.2 Å². The second-order valence-electron chi connectivity index (χ2n) is 5.52. The molecule has 3 nitrogen and oxygen atoms in total. The highest BCUT2D eigenvalue weighted by molar-refractivity contribution is 5.61. The molecular weight excluding hydrogens is 236 g/mol. The predicted octanol–water partition coefficient (Wildman–Crippen LogP) is 4.05. The summed E-state index contributed by atoms with van der Waals surface area (Å²) in [7, 11) is 0. The molecule has 1 aromatic carbocycles. The van der Waals surface area contributed by atoms with Crippen LogP contribution in [0.3, 0.4) is 0 Å². The van der Waals surface area contributed by atoms with Crippen molar-refractivity contribution in [3.05, 3.63) is 18.2 Å². The molecule has 0 aromatic heterocycles. The topological polar surface area (TPSA) is 47.3 Å². The summed E-state index contributed by atoms with van der Waals surface area (Å²) in [4.78, 5) is 0. The Labute approximate surface area is 116 Å². The van der Waals surface area contributed by atoms with Gasteiger partial charge in [0.05, 0.1) is 12.3 Å². The number of ether oxygens (including phenoxy) is 1. The molecule has 1 aliphatic carbocycles. The molecule has 1 aromatic rings. The molecule has 1 saturated carbocycles. The summed E-state index contributed by atoms with van der Waals surface area (Å²) in [5, 5.41) is 3.60. The van der Waals surface area contributed by atoms with Crippen molar-refractivity contribution in [2.45, 2.75) is 52.0 Å². The first-order valence-electron chi connectivity index (χ1n) is 7.49. The van der Waals surface area contributed by atoms with Crippen molar-refractivity contribution in [3.8, 4) is 5.75 Å². The SMILES string of the molecule is CCOc1cc(NC(C)C2CCCCC2)ccc1N. The molecule has 1 atom stereocenters. The Morgan fingerprint density at radius 3 is 2.74 bits per heavy atom. The fourth-order valence-electron chi connectivity index (χ4n) is 2.92. The minimum atomic E-state index is 0.512. The van der Waals surface area contributed by atoms with Gasteiger partial charge in [-0.2, -0.15) is 0 Å². The summed E-state index contributed by atoms with van der Waals surface area (Å²) in [6.07, 6.45) is 6.85. The fraction of sp³-hybridized carbons (Fsp3) is 0.625. The Kier molecular flexibility index (Phi) is 4.94. The third-order valence-corrected chi connectivity index (χ3v) is 4.06. The molecule has 2 rings (SSSR count). The first-order valence-corrected chi connectivity index (χ1v) is 7.49. The summed E-state index contributed by atoms with van der Waals surface area (Å²) in [5.74, 6) is 1.57. The zero-order chi connectivity index (χ0) is 13.7. The van der Waals surface area contributed by atoms with Gasteiger partial charge >= 0.3 is 0 Å². The summed E-state index contributed by atoms with van der Waals surface area (Å²) in [6.45, 7) is 4.91. The van der Waals surface area contributed by atoms with Crippen LogP contribution in [0.4, 0.5) is 11.4 Å². The predicted molar refractivity (Wildman–Crippen MR) is 81.7 cm³/mol. The van der Waals surface area contributed by atoms with Crippen LogP contribution in [0.15, 0.2) is 18.2 Å². The summed E-state index contributed by atoms with van der Waals surface area (Å²) in [6, 6.07) is 6.48. The van der Waals surface area contributed by atoms with Crippen LogP contribution in [0.2, 0.25) is 0 Å². The number of benzene rings is 1. The minimum Gasteiger partial charge on any atom is -0.492 e. The summed E-state index contributed by atoms with van der Waals surface area (Å²) >= 11 is 0. The van der Waals surface area contributed by atoms with Crippen molar-refractivity contribution in [1.82, 2.24) is 0 Å². The van der Waals surface area contributed by atoms with Gasteiger partial charge in [-0.1, -0.05) is 19.3 Å². The lowest BCUT2D eigenvalue weighted by Gasteiger charge is -2.29. The van der Waals surface area contributed by atoms with Crippen LogP contribution in [0.5, 0.6) is 5.75 Å². The van der Waals surface area contributed by atoms with Crippen LogP contribution in [-0.4, -0.2) is 12.6 Å². The quantitative estimate of drug-likeness (QED) is 0.787. The molecule has 19 heavy (non-hydrogen) atoms. The first kappa shape index (κ1) is 14.0. The van der Waals surface area contributed by atoms with Crippen LogP contribution in [0, 0.1) is 5.92 Å². The van der Waals surface area contributed by atoms with E-state index in [1.165, 1.54) is 32.1 Å². The summed E-state index contributed by atoms with van der Waals surface area (Å²) in [5.41, 5.74) is 7.71. The molecule has 1 unspecified atom stereocenters. The van der Waals surface area contributed by atoms with E-state index >= 15 is 0 Å². The molecule has 3 heteroatoms. The third-order valence-electron chi connectivity index (χ3n) is 4.06. The van der Waals surface area contributed by atoms with Crippen molar-refractivity contribution in [3.63, 3.8) is 0 Å². The van der Waals surface area contributed by atoms with Gasteiger partial charge in [-0.15, -0.1) is 0 Å². The number of rotatable bonds is 5. The Morgan fingerprint density at radius 2 is 2.05 bits per heavy atom. The molecule has 0 heterocycles. The average Bonchev–Trinajstić information content (AvgIpc) is 2.44. The van der Waals surface area contributed by atoms with Gasteiger partial charge in [0.1, 0.15) is 5.75 Å². The average molecular weight is 262 g/mol. The van der Waals surface area contributed by atoms with E-state index < -0.39 is 0 Å². The maximum Gasteiger partial charge on any atom is 0.144 e. The molecule has 106 valence electrons. The zero-order valence-electron chi connectivity index (χ0n) is 12.1. The first-order chi connectivity index (χ1) is 9.20. The zero-order valence-corrected chi connectivity index (χ0v) is 12.1. The van der Waals surface area contributed by atoms with Gasteiger partial charge in [0.25, 0.3) is 0 Å². The van der Waals surface area contributed by atoms with Crippen molar-refractivity contribution >= 4 is 11.4 Å². The lowest BCUT2D eigenvalue weighted by molar-refractivity contribution is 0.328. The Hall–Kier alpha value is -1.38. The third kappa shape index (κ3) is 3.79. The Morgan fingerprint density at radius 1 is 1.32 bits per heavy atom. The molecule has 0 saturated heterocycles. The maximum atomic E-state index is 5.90.